The Morgan fingerprint density at radius 2 is 1.74 bits per heavy atom. The van der Waals surface area contributed by atoms with Crippen molar-refractivity contribution in [2.24, 2.45) is 5.41 Å². The molecule has 1 saturated heterocycles. The van der Waals surface area contributed by atoms with Crippen molar-refractivity contribution in [1.82, 2.24) is 9.80 Å². The summed E-state index contributed by atoms with van der Waals surface area (Å²) in [4.78, 5) is 27.2. The summed E-state index contributed by atoms with van der Waals surface area (Å²) in [5.41, 5.74) is -0.435. The number of nitrogens with zero attached hydrogens (tertiary/aromatic N) is 2. The normalized spacial score (nSPS) is 21.6. The number of hydrogen-bond donors (Lipinski definition) is 1. The number of amides is 1. The van der Waals surface area contributed by atoms with Gasteiger partial charge in [-0.25, -0.2) is 4.79 Å². The first-order chi connectivity index (χ1) is 10.7. The molecule has 0 atom stereocenters. The van der Waals surface area contributed by atoms with Crippen LogP contribution in [0.15, 0.2) is 0 Å². The second-order valence-electron chi connectivity index (χ2n) is 7.98. The smallest absolute Gasteiger partial charge is 0.410 e. The summed E-state index contributed by atoms with van der Waals surface area (Å²) in [6, 6.07) is 0. The largest absolute Gasteiger partial charge is 0.481 e. The Kier molecular flexibility index (Phi) is 5.55. The van der Waals surface area contributed by atoms with E-state index in [9.17, 15) is 9.59 Å². The van der Waals surface area contributed by atoms with Gasteiger partial charge in [0.1, 0.15) is 5.60 Å². The molecular weight excluding hydrogens is 296 g/mol. The van der Waals surface area contributed by atoms with E-state index < -0.39 is 11.6 Å². The summed E-state index contributed by atoms with van der Waals surface area (Å²) in [5.74, 6) is -0.681. The lowest BCUT2D eigenvalue weighted by molar-refractivity contribution is -0.141. The van der Waals surface area contributed by atoms with Crippen LogP contribution in [0.25, 0.3) is 0 Å². The molecule has 1 amide bonds. The van der Waals surface area contributed by atoms with Crippen LogP contribution in [-0.4, -0.2) is 65.3 Å². The van der Waals surface area contributed by atoms with Crippen LogP contribution >= 0.6 is 0 Å². The maximum absolute atomic E-state index is 12.0. The molecule has 1 saturated carbocycles. The predicted octanol–water partition coefficient (Wildman–Crippen LogP) is 2.57. The van der Waals surface area contributed by atoms with Crippen molar-refractivity contribution >= 4 is 12.1 Å². The zero-order valence-corrected chi connectivity index (χ0v) is 14.6. The monoisotopic (exact) mass is 326 g/mol. The highest BCUT2D eigenvalue weighted by Gasteiger charge is 2.39. The van der Waals surface area contributed by atoms with E-state index in [1.807, 2.05) is 20.8 Å². The average molecular weight is 326 g/mol. The lowest BCUT2D eigenvalue weighted by Crippen LogP contribution is -2.50. The average Bonchev–Trinajstić information content (AvgIpc) is 2.40. The third-order valence-electron chi connectivity index (χ3n) is 4.92. The van der Waals surface area contributed by atoms with E-state index in [1.54, 1.807) is 4.90 Å². The number of hydrogen-bond acceptors (Lipinski definition) is 4. The van der Waals surface area contributed by atoms with Gasteiger partial charge in [0, 0.05) is 26.2 Å². The van der Waals surface area contributed by atoms with Crippen LogP contribution in [-0.2, 0) is 9.53 Å². The third-order valence-corrected chi connectivity index (χ3v) is 4.92. The minimum absolute atomic E-state index is 0.0220. The molecule has 2 aliphatic rings. The molecule has 1 aliphatic heterocycles. The van der Waals surface area contributed by atoms with E-state index in [1.165, 1.54) is 0 Å². The van der Waals surface area contributed by atoms with Gasteiger partial charge >= 0.3 is 12.1 Å². The van der Waals surface area contributed by atoms with Crippen LogP contribution in [0.5, 0.6) is 0 Å². The molecule has 1 aliphatic carbocycles. The second-order valence-corrected chi connectivity index (χ2v) is 7.98. The molecule has 1 heterocycles. The Bertz CT molecular complexity index is 432. The van der Waals surface area contributed by atoms with Gasteiger partial charge in [0.2, 0.25) is 0 Å². The van der Waals surface area contributed by atoms with Gasteiger partial charge in [-0.3, -0.25) is 9.69 Å². The molecule has 0 aromatic carbocycles. The Hall–Kier alpha value is -1.30. The summed E-state index contributed by atoms with van der Waals surface area (Å²) in [6.07, 6.45) is 4.24. The molecule has 6 nitrogen and oxygen atoms in total. The number of carbonyl (C=O) groups is 2. The minimum Gasteiger partial charge on any atom is -0.481 e. The first kappa shape index (κ1) is 18.0. The molecule has 0 bridgehead atoms. The van der Waals surface area contributed by atoms with Gasteiger partial charge in [-0.05, 0) is 52.0 Å². The summed E-state index contributed by atoms with van der Waals surface area (Å²) in [7, 11) is 0. The molecule has 2 fully saturated rings. The van der Waals surface area contributed by atoms with Crippen LogP contribution in [0.1, 0.15) is 52.9 Å². The Balaban J connectivity index is 1.72. The number of aliphatic carboxylic acids is 1. The summed E-state index contributed by atoms with van der Waals surface area (Å²) >= 11 is 0. The Morgan fingerprint density at radius 3 is 2.17 bits per heavy atom. The van der Waals surface area contributed by atoms with Crippen molar-refractivity contribution in [3.05, 3.63) is 0 Å². The maximum atomic E-state index is 12.0. The van der Waals surface area contributed by atoms with Crippen LogP contribution in [0.4, 0.5) is 4.79 Å². The van der Waals surface area contributed by atoms with E-state index in [-0.39, 0.29) is 11.5 Å². The number of carboxylic acids is 1. The van der Waals surface area contributed by atoms with Gasteiger partial charge < -0.3 is 14.7 Å². The van der Waals surface area contributed by atoms with Crippen molar-refractivity contribution < 1.29 is 19.4 Å². The van der Waals surface area contributed by atoms with Crippen LogP contribution in [0.2, 0.25) is 0 Å². The Labute approximate surface area is 138 Å². The highest BCUT2D eigenvalue weighted by molar-refractivity contribution is 5.68. The van der Waals surface area contributed by atoms with Gasteiger partial charge in [-0.2, -0.15) is 0 Å². The molecule has 0 aromatic rings. The van der Waals surface area contributed by atoms with Crippen molar-refractivity contribution in [1.29, 1.82) is 0 Å². The zero-order chi connectivity index (χ0) is 17.1. The first-order valence-corrected chi connectivity index (χ1v) is 8.61. The molecule has 1 N–H and O–H groups in total. The van der Waals surface area contributed by atoms with Crippen LogP contribution < -0.4 is 0 Å². The second kappa shape index (κ2) is 7.07. The summed E-state index contributed by atoms with van der Waals surface area (Å²) in [6.45, 7) is 9.59. The highest BCUT2D eigenvalue weighted by atomic mass is 16.6. The van der Waals surface area contributed by atoms with Gasteiger partial charge in [-0.15, -0.1) is 0 Å². The summed E-state index contributed by atoms with van der Waals surface area (Å²) in [5, 5.41) is 9.07. The molecule has 132 valence electrons. The zero-order valence-electron chi connectivity index (χ0n) is 14.6. The molecule has 2 rings (SSSR count). The quantitative estimate of drug-likeness (QED) is 0.841. The van der Waals surface area contributed by atoms with E-state index in [2.05, 4.69) is 4.90 Å². The molecular formula is C17H30N2O4. The fourth-order valence-electron chi connectivity index (χ4n) is 3.39. The number of carboxylic acid groups (broad SMARTS) is 1. The maximum Gasteiger partial charge on any atom is 0.410 e. The number of carbonyl (C=O) groups excluding carboxylic acids is 1. The summed E-state index contributed by atoms with van der Waals surface area (Å²) < 4.78 is 5.40. The van der Waals surface area contributed by atoms with E-state index in [0.717, 1.165) is 45.3 Å². The SMILES string of the molecule is CC(C)(C)OC(=O)N1CCN(CCC2(CC(=O)O)CCC2)CC1. The fraction of sp³-hybridized carbons (Fsp3) is 0.882. The third kappa shape index (κ3) is 5.37. The van der Waals surface area contributed by atoms with E-state index in [4.69, 9.17) is 9.84 Å². The Morgan fingerprint density at radius 1 is 1.13 bits per heavy atom. The van der Waals surface area contributed by atoms with Gasteiger partial charge in [0.05, 0.1) is 6.42 Å². The van der Waals surface area contributed by atoms with Crippen molar-refractivity contribution in [2.75, 3.05) is 32.7 Å². The molecule has 0 spiro atoms. The number of ether oxygens (including phenoxy) is 1. The lowest BCUT2D eigenvalue weighted by atomic mass is 9.64. The first-order valence-electron chi connectivity index (χ1n) is 8.61. The van der Waals surface area contributed by atoms with E-state index in [0.29, 0.717) is 19.5 Å². The standard InChI is InChI=1S/C17H30N2O4/c1-16(2,3)23-15(22)19-11-9-18(10-12-19)8-7-17(5-4-6-17)13-14(20)21/h4-13H2,1-3H3,(H,20,21). The van der Waals surface area contributed by atoms with Crippen molar-refractivity contribution in [2.45, 2.75) is 58.5 Å². The molecule has 0 aromatic heterocycles. The topological polar surface area (TPSA) is 70.1 Å². The predicted molar refractivity (Wildman–Crippen MR) is 87.4 cm³/mol. The molecule has 23 heavy (non-hydrogen) atoms. The van der Waals surface area contributed by atoms with Crippen molar-refractivity contribution in [3.8, 4) is 0 Å². The highest BCUT2D eigenvalue weighted by Crippen LogP contribution is 2.46. The van der Waals surface area contributed by atoms with Gasteiger partial charge in [-0.1, -0.05) is 6.42 Å². The van der Waals surface area contributed by atoms with E-state index >= 15 is 0 Å². The lowest BCUT2D eigenvalue weighted by Gasteiger charge is -2.43. The molecule has 0 unspecified atom stereocenters. The number of rotatable bonds is 5. The van der Waals surface area contributed by atoms with Crippen LogP contribution in [0, 0.1) is 5.41 Å². The fourth-order valence-corrected chi connectivity index (χ4v) is 3.39. The number of piperazine rings is 1. The van der Waals surface area contributed by atoms with Gasteiger partial charge in [0.15, 0.2) is 0 Å². The minimum atomic E-state index is -0.681. The van der Waals surface area contributed by atoms with Gasteiger partial charge in [0.25, 0.3) is 0 Å². The molecule has 0 radical (unpaired) electrons. The van der Waals surface area contributed by atoms with Crippen molar-refractivity contribution in [3.63, 3.8) is 0 Å². The molecule has 6 heteroatoms. The van der Waals surface area contributed by atoms with Crippen LogP contribution in [0.3, 0.4) is 0 Å².